The summed E-state index contributed by atoms with van der Waals surface area (Å²) in [6.45, 7) is 3.33. The zero-order valence-electron chi connectivity index (χ0n) is 19.6. The van der Waals surface area contributed by atoms with Crippen LogP contribution in [0.2, 0.25) is 0 Å². The number of nitrogens with one attached hydrogen (secondary N) is 2. The van der Waals surface area contributed by atoms with Crippen molar-refractivity contribution in [2.24, 2.45) is 5.73 Å². The van der Waals surface area contributed by atoms with Crippen molar-refractivity contribution in [3.63, 3.8) is 0 Å². The number of imide groups is 1. The van der Waals surface area contributed by atoms with E-state index < -0.39 is 17.1 Å². The summed E-state index contributed by atoms with van der Waals surface area (Å²) in [5, 5.41) is 5.23. The highest BCUT2D eigenvalue weighted by Crippen LogP contribution is 2.38. The van der Waals surface area contributed by atoms with Gasteiger partial charge >= 0.3 is 6.03 Å². The maximum atomic E-state index is 12.9. The molecular formula is C25H29N5O4. The molecule has 5 amide bonds. The van der Waals surface area contributed by atoms with Gasteiger partial charge in [-0.15, -0.1) is 0 Å². The molecule has 1 heterocycles. The molecule has 0 radical (unpaired) electrons. The Balaban J connectivity index is 1.47. The fourth-order valence-electron chi connectivity index (χ4n) is 4.56. The summed E-state index contributed by atoms with van der Waals surface area (Å²) < 4.78 is 0. The third-order valence-corrected chi connectivity index (χ3v) is 6.43. The van der Waals surface area contributed by atoms with E-state index in [2.05, 4.69) is 10.6 Å². The Morgan fingerprint density at radius 2 is 1.79 bits per heavy atom. The first-order valence-corrected chi connectivity index (χ1v) is 11.1. The number of nitrogens with zero attached hydrogens (tertiary/aromatic N) is 2. The topological polar surface area (TPSA) is 125 Å². The second-order valence-electron chi connectivity index (χ2n) is 9.60. The van der Waals surface area contributed by atoms with E-state index in [4.69, 9.17) is 5.73 Å². The van der Waals surface area contributed by atoms with E-state index in [0.717, 1.165) is 16.7 Å². The molecule has 178 valence electrons. The van der Waals surface area contributed by atoms with Crippen LogP contribution in [-0.2, 0) is 33.8 Å². The zero-order valence-corrected chi connectivity index (χ0v) is 19.6. The highest BCUT2D eigenvalue weighted by Gasteiger charge is 2.54. The molecule has 9 heteroatoms. The van der Waals surface area contributed by atoms with E-state index in [9.17, 15) is 19.2 Å². The maximum absolute atomic E-state index is 12.9. The van der Waals surface area contributed by atoms with E-state index in [0.29, 0.717) is 18.5 Å². The van der Waals surface area contributed by atoms with Gasteiger partial charge in [0.05, 0.1) is 5.54 Å². The first-order chi connectivity index (χ1) is 16.0. The number of nitrogens with two attached hydrogens (primary N) is 1. The lowest BCUT2D eigenvalue weighted by Crippen LogP contribution is -2.52. The number of urea groups is 1. The minimum Gasteiger partial charge on any atom is -0.327 e. The molecule has 0 saturated carbocycles. The molecule has 2 aliphatic rings. The van der Waals surface area contributed by atoms with E-state index in [1.807, 2.05) is 42.5 Å². The zero-order chi connectivity index (χ0) is 24.7. The Morgan fingerprint density at radius 3 is 2.41 bits per heavy atom. The average Bonchev–Trinajstić information content (AvgIpc) is 3.26. The number of likely N-dealkylation sites (N-methyl/N-ethyl adjacent to an activating group) is 1. The van der Waals surface area contributed by atoms with Crippen LogP contribution in [0.3, 0.4) is 0 Å². The third kappa shape index (κ3) is 4.38. The van der Waals surface area contributed by atoms with Crippen LogP contribution in [0.5, 0.6) is 0 Å². The molecule has 1 aliphatic carbocycles. The Labute approximate surface area is 198 Å². The fourth-order valence-corrected chi connectivity index (χ4v) is 4.56. The molecule has 2 aromatic carbocycles. The highest BCUT2D eigenvalue weighted by molar-refractivity contribution is 6.07. The van der Waals surface area contributed by atoms with Gasteiger partial charge in [-0.1, -0.05) is 36.4 Å². The van der Waals surface area contributed by atoms with Crippen LogP contribution in [-0.4, -0.2) is 58.2 Å². The highest BCUT2D eigenvalue weighted by atomic mass is 16.2. The lowest BCUT2D eigenvalue weighted by molar-refractivity contribution is -0.139. The molecule has 0 bridgehead atoms. The first kappa shape index (κ1) is 23.4. The number of fused-ring (bicyclic) bond motifs is 1. The van der Waals surface area contributed by atoms with Gasteiger partial charge in [-0.05, 0) is 42.7 Å². The Hall–Kier alpha value is -3.72. The molecule has 2 aromatic rings. The molecule has 1 saturated heterocycles. The predicted molar refractivity (Wildman–Crippen MR) is 127 cm³/mol. The maximum Gasteiger partial charge on any atom is 0.324 e. The molecule has 0 aromatic heterocycles. The first-order valence-electron chi connectivity index (χ1n) is 11.1. The van der Waals surface area contributed by atoms with Crippen molar-refractivity contribution in [1.82, 2.24) is 15.1 Å². The summed E-state index contributed by atoms with van der Waals surface area (Å²) in [5.41, 5.74) is 7.30. The van der Waals surface area contributed by atoms with E-state index in [1.54, 1.807) is 27.0 Å². The van der Waals surface area contributed by atoms with Gasteiger partial charge < -0.3 is 20.9 Å². The van der Waals surface area contributed by atoms with E-state index in [-0.39, 0.29) is 30.8 Å². The lowest BCUT2D eigenvalue weighted by atomic mass is 9.95. The van der Waals surface area contributed by atoms with Crippen LogP contribution in [0.15, 0.2) is 48.5 Å². The number of carbonyl (C=O) groups is 4. The number of benzene rings is 2. The minimum absolute atomic E-state index is 0.158. The van der Waals surface area contributed by atoms with Gasteiger partial charge in [0.1, 0.15) is 12.1 Å². The number of amides is 5. The summed E-state index contributed by atoms with van der Waals surface area (Å²) in [7, 11) is 1.62. The van der Waals surface area contributed by atoms with Crippen LogP contribution < -0.4 is 16.4 Å². The van der Waals surface area contributed by atoms with Crippen LogP contribution >= 0.6 is 0 Å². The SMILES string of the molecule is CN1C(=O)NC(=O)C12Cc1ccc(NC(=O)CN(Cc3ccccc3)C(=O)C(C)(C)N)cc1C2. The Bertz CT molecular complexity index is 1160. The van der Waals surface area contributed by atoms with Gasteiger partial charge in [0, 0.05) is 32.1 Å². The van der Waals surface area contributed by atoms with Crippen molar-refractivity contribution in [2.75, 3.05) is 18.9 Å². The van der Waals surface area contributed by atoms with Crippen molar-refractivity contribution in [2.45, 2.75) is 44.3 Å². The van der Waals surface area contributed by atoms with Crippen LogP contribution in [0.4, 0.5) is 10.5 Å². The molecule has 1 unspecified atom stereocenters. The number of rotatable bonds is 6. The van der Waals surface area contributed by atoms with Gasteiger partial charge in [-0.2, -0.15) is 0 Å². The standard InChI is InChI=1S/C25H29N5O4/c1-24(2,26)22(33)30(14-16-7-5-4-6-8-16)15-20(31)27-19-10-9-17-12-25(13-18(17)11-19)21(32)28-23(34)29(25)3/h4-11H,12-15,26H2,1-3H3,(H,27,31)(H,28,32,34). The van der Waals surface area contributed by atoms with Gasteiger partial charge in [0.25, 0.3) is 5.91 Å². The van der Waals surface area contributed by atoms with Crippen LogP contribution in [0.25, 0.3) is 0 Å². The fraction of sp³-hybridized carbons (Fsp3) is 0.360. The molecular weight excluding hydrogens is 434 g/mol. The normalized spacial score (nSPS) is 19.2. The molecule has 1 atom stereocenters. The van der Waals surface area contributed by atoms with Crippen molar-refractivity contribution in [3.8, 4) is 0 Å². The number of hydrogen-bond donors (Lipinski definition) is 3. The molecule has 9 nitrogen and oxygen atoms in total. The smallest absolute Gasteiger partial charge is 0.324 e. The number of carbonyl (C=O) groups excluding carboxylic acids is 4. The molecule has 1 aliphatic heterocycles. The summed E-state index contributed by atoms with van der Waals surface area (Å²) in [6.07, 6.45) is 0.801. The minimum atomic E-state index is -1.12. The lowest BCUT2D eigenvalue weighted by Gasteiger charge is -2.29. The third-order valence-electron chi connectivity index (χ3n) is 6.43. The van der Waals surface area contributed by atoms with Gasteiger partial charge in [0.2, 0.25) is 11.8 Å². The largest absolute Gasteiger partial charge is 0.327 e. The Kier molecular flexibility index (Phi) is 5.91. The molecule has 1 spiro atoms. The molecule has 34 heavy (non-hydrogen) atoms. The van der Waals surface area contributed by atoms with E-state index in [1.165, 1.54) is 9.80 Å². The summed E-state index contributed by atoms with van der Waals surface area (Å²) in [4.78, 5) is 53.1. The van der Waals surface area contributed by atoms with Gasteiger partial charge in [0.15, 0.2) is 0 Å². The number of hydrogen-bond acceptors (Lipinski definition) is 5. The summed E-state index contributed by atoms with van der Waals surface area (Å²) in [6, 6.07) is 14.4. The van der Waals surface area contributed by atoms with Crippen LogP contribution in [0.1, 0.15) is 30.5 Å². The second kappa shape index (κ2) is 8.57. The quantitative estimate of drug-likeness (QED) is 0.559. The average molecular weight is 464 g/mol. The summed E-state index contributed by atoms with van der Waals surface area (Å²) >= 11 is 0. The second-order valence-corrected chi connectivity index (χ2v) is 9.60. The number of anilines is 1. The molecule has 1 fully saturated rings. The molecule has 4 rings (SSSR count). The van der Waals surface area contributed by atoms with Crippen LogP contribution in [0, 0.1) is 0 Å². The predicted octanol–water partition coefficient (Wildman–Crippen LogP) is 1.41. The van der Waals surface area contributed by atoms with Gasteiger partial charge in [-0.25, -0.2) is 4.79 Å². The van der Waals surface area contributed by atoms with Crippen molar-refractivity contribution < 1.29 is 19.2 Å². The Morgan fingerprint density at radius 1 is 1.12 bits per heavy atom. The van der Waals surface area contributed by atoms with Gasteiger partial charge in [-0.3, -0.25) is 19.7 Å². The van der Waals surface area contributed by atoms with Crippen molar-refractivity contribution in [3.05, 3.63) is 65.2 Å². The van der Waals surface area contributed by atoms with E-state index >= 15 is 0 Å². The monoisotopic (exact) mass is 463 g/mol. The molecule has 4 N–H and O–H groups in total. The van der Waals surface area contributed by atoms with Crippen molar-refractivity contribution >= 4 is 29.4 Å². The van der Waals surface area contributed by atoms with Crippen molar-refractivity contribution in [1.29, 1.82) is 0 Å². The summed E-state index contributed by atoms with van der Waals surface area (Å²) in [5.74, 6) is -0.990.